The predicted octanol–water partition coefficient (Wildman–Crippen LogP) is 4.28. The van der Waals surface area contributed by atoms with Gasteiger partial charge in [-0.25, -0.2) is 14.1 Å². The van der Waals surface area contributed by atoms with E-state index in [0.717, 1.165) is 11.0 Å². The van der Waals surface area contributed by atoms with Crippen LogP contribution < -0.4 is 4.57 Å². The molecule has 0 unspecified atom stereocenters. The number of para-hydroxylation sites is 2. The highest BCUT2D eigenvalue weighted by Crippen LogP contribution is 2.21. The maximum atomic E-state index is 6.37. The summed E-state index contributed by atoms with van der Waals surface area (Å²) in [6.07, 6.45) is 5.94. The van der Waals surface area contributed by atoms with E-state index in [9.17, 15) is 0 Å². The topological polar surface area (TPSA) is 34.6 Å². The molecular formula is C20H18ClN4+. The lowest BCUT2D eigenvalue weighted by atomic mass is 10.1. The molecule has 0 saturated heterocycles. The van der Waals surface area contributed by atoms with Crippen LogP contribution in [0, 0.1) is 20.8 Å². The van der Waals surface area contributed by atoms with E-state index >= 15 is 0 Å². The average molecular weight is 350 g/mol. The van der Waals surface area contributed by atoms with Gasteiger partial charge in [-0.2, -0.15) is 0 Å². The van der Waals surface area contributed by atoms with E-state index < -0.39 is 0 Å². The van der Waals surface area contributed by atoms with Gasteiger partial charge >= 0.3 is 5.82 Å². The smallest absolute Gasteiger partial charge is 0.236 e. The van der Waals surface area contributed by atoms with Crippen molar-refractivity contribution in [2.75, 3.05) is 0 Å². The molecule has 0 N–H and O–H groups in total. The number of hydrogen-bond donors (Lipinski definition) is 0. The molecule has 25 heavy (non-hydrogen) atoms. The molecule has 0 aliphatic rings. The van der Waals surface area contributed by atoms with Crippen LogP contribution in [0.15, 0.2) is 55.1 Å². The number of imidazole rings is 1. The minimum atomic E-state index is 0.388. The Morgan fingerprint density at radius 1 is 0.960 bits per heavy atom. The van der Waals surface area contributed by atoms with E-state index in [1.807, 2.05) is 47.6 Å². The molecule has 2 aromatic carbocycles. The highest BCUT2D eigenvalue weighted by molar-refractivity contribution is 6.31. The molecule has 0 atom stereocenters. The minimum Gasteiger partial charge on any atom is -0.236 e. The SMILES string of the molecule is Cc1cc(C)c(-n2cc[n+](-c3nc4ccccc4nc3Cl)c2)c(C)c1. The van der Waals surface area contributed by atoms with Gasteiger partial charge < -0.3 is 0 Å². The van der Waals surface area contributed by atoms with Crippen molar-refractivity contribution in [2.45, 2.75) is 20.8 Å². The zero-order valence-corrected chi connectivity index (χ0v) is 15.1. The van der Waals surface area contributed by atoms with Crippen LogP contribution in [-0.4, -0.2) is 14.5 Å². The molecule has 0 saturated carbocycles. The molecule has 4 nitrogen and oxygen atoms in total. The number of rotatable bonds is 2. The molecule has 0 spiro atoms. The van der Waals surface area contributed by atoms with Gasteiger partial charge in [0.1, 0.15) is 17.4 Å². The van der Waals surface area contributed by atoms with Crippen LogP contribution in [0.1, 0.15) is 16.7 Å². The van der Waals surface area contributed by atoms with Crippen LogP contribution in [0.25, 0.3) is 22.5 Å². The Bertz CT molecular complexity index is 1080. The third-order valence-corrected chi connectivity index (χ3v) is 4.54. The van der Waals surface area contributed by atoms with E-state index in [1.165, 1.54) is 22.4 Å². The fourth-order valence-corrected chi connectivity index (χ4v) is 3.56. The lowest BCUT2D eigenvalue weighted by Crippen LogP contribution is -2.30. The Morgan fingerprint density at radius 2 is 1.60 bits per heavy atom. The Balaban J connectivity index is 1.84. The number of aryl methyl sites for hydroxylation is 3. The van der Waals surface area contributed by atoms with E-state index in [0.29, 0.717) is 11.0 Å². The first-order chi connectivity index (χ1) is 12.0. The Morgan fingerprint density at radius 3 is 2.28 bits per heavy atom. The molecule has 2 heterocycles. The first-order valence-corrected chi connectivity index (χ1v) is 8.51. The van der Waals surface area contributed by atoms with Gasteiger partial charge in [-0.1, -0.05) is 46.4 Å². The summed E-state index contributed by atoms with van der Waals surface area (Å²) < 4.78 is 4.00. The molecule has 5 heteroatoms. The van der Waals surface area contributed by atoms with Crippen molar-refractivity contribution < 1.29 is 4.57 Å². The number of halogens is 1. The van der Waals surface area contributed by atoms with Crippen molar-refractivity contribution >= 4 is 22.6 Å². The van der Waals surface area contributed by atoms with Gasteiger partial charge in [-0.15, -0.1) is 0 Å². The standard InChI is InChI=1S/C20H18ClN4/c1-13-10-14(2)18(15(3)11-13)24-8-9-25(12-24)20-19(21)22-16-6-4-5-7-17(16)23-20/h4-12H,1-3H3/q+1. The monoisotopic (exact) mass is 349 g/mol. The first kappa shape index (κ1) is 15.8. The molecule has 0 aliphatic heterocycles. The molecule has 2 aromatic heterocycles. The summed E-state index contributed by atoms with van der Waals surface area (Å²) >= 11 is 6.37. The van der Waals surface area contributed by atoms with Gasteiger partial charge in [0, 0.05) is 0 Å². The van der Waals surface area contributed by atoms with Gasteiger partial charge in [0.05, 0.1) is 6.20 Å². The number of aromatic nitrogens is 4. The van der Waals surface area contributed by atoms with Gasteiger partial charge in [-0.3, -0.25) is 0 Å². The Labute approximate surface area is 151 Å². The number of hydrogen-bond acceptors (Lipinski definition) is 2. The normalized spacial score (nSPS) is 11.2. The summed E-state index contributed by atoms with van der Waals surface area (Å²) in [4.78, 5) is 9.12. The minimum absolute atomic E-state index is 0.388. The molecule has 0 aliphatic carbocycles. The van der Waals surface area contributed by atoms with Crippen molar-refractivity contribution in [2.24, 2.45) is 0 Å². The fraction of sp³-hybridized carbons (Fsp3) is 0.150. The van der Waals surface area contributed by atoms with Crippen LogP contribution in [0.5, 0.6) is 0 Å². The predicted molar refractivity (Wildman–Crippen MR) is 99.6 cm³/mol. The first-order valence-electron chi connectivity index (χ1n) is 8.13. The third-order valence-electron chi connectivity index (χ3n) is 4.29. The number of benzene rings is 2. The van der Waals surface area contributed by atoms with Crippen molar-refractivity contribution in [1.29, 1.82) is 0 Å². The van der Waals surface area contributed by atoms with Crippen LogP contribution in [0.3, 0.4) is 0 Å². The summed E-state index contributed by atoms with van der Waals surface area (Å²) in [6, 6.07) is 12.1. The second-order valence-electron chi connectivity index (χ2n) is 6.30. The van der Waals surface area contributed by atoms with Gasteiger partial charge in [0.25, 0.3) is 0 Å². The average Bonchev–Trinajstić information content (AvgIpc) is 3.02. The van der Waals surface area contributed by atoms with Crippen LogP contribution in [0.2, 0.25) is 5.15 Å². The van der Waals surface area contributed by atoms with Crippen molar-refractivity contribution in [3.8, 4) is 11.5 Å². The molecule has 0 radical (unpaired) electrons. The summed E-state index contributed by atoms with van der Waals surface area (Å²) in [6.45, 7) is 6.37. The molecule has 4 aromatic rings. The maximum Gasteiger partial charge on any atom is 0.305 e. The van der Waals surface area contributed by atoms with E-state index in [-0.39, 0.29) is 0 Å². The quantitative estimate of drug-likeness (QED) is 0.506. The lowest BCUT2D eigenvalue weighted by Gasteiger charge is -2.08. The summed E-state index contributed by atoms with van der Waals surface area (Å²) in [5.74, 6) is 0.626. The third kappa shape index (κ3) is 2.79. The zero-order valence-electron chi connectivity index (χ0n) is 14.4. The molecule has 0 bridgehead atoms. The summed E-state index contributed by atoms with van der Waals surface area (Å²) in [7, 11) is 0. The Kier molecular flexibility index (Phi) is 3.77. The van der Waals surface area contributed by atoms with Crippen LogP contribution in [0.4, 0.5) is 0 Å². The summed E-state index contributed by atoms with van der Waals surface area (Å²) in [5, 5.41) is 0.388. The molecular weight excluding hydrogens is 332 g/mol. The van der Waals surface area contributed by atoms with Crippen LogP contribution in [-0.2, 0) is 0 Å². The van der Waals surface area contributed by atoms with Gasteiger partial charge in [0.15, 0.2) is 11.8 Å². The second kappa shape index (κ2) is 5.97. The lowest BCUT2D eigenvalue weighted by molar-refractivity contribution is -0.598. The zero-order chi connectivity index (χ0) is 17.6. The fourth-order valence-electron chi connectivity index (χ4n) is 3.33. The largest absolute Gasteiger partial charge is 0.305 e. The van der Waals surface area contributed by atoms with Crippen molar-refractivity contribution in [3.05, 3.63) is 77.0 Å². The van der Waals surface area contributed by atoms with E-state index in [4.69, 9.17) is 11.6 Å². The Hall–Kier alpha value is -2.72. The van der Waals surface area contributed by atoms with E-state index in [1.54, 1.807) is 0 Å². The summed E-state index contributed by atoms with van der Waals surface area (Å²) in [5.41, 5.74) is 6.52. The number of fused-ring (bicyclic) bond motifs is 1. The molecule has 124 valence electrons. The maximum absolute atomic E-state index is 6.37. The highest BCUT2D eigenvalue weighted by atomic mass is 35.5. The number of nitrogens with zero attached hydrogens (tertiary/aromatic N) is 4. The van der Waals surface area contributed by atoms with Crippen LogP contribution >= 0.6 is 11.6 Å². The molecule has 0 amide bonds. The molecule has 0 fully saturated rings. The van der Waals surface area contributed by atoms with E-state index in [2.05, 4.69) is 47.4 Å². The van der Waals surface area contributed by atoms with Crippen molar-refractivity contribution in [3.63, 3.8) is 0 Å². The highest BCUT2D eigenvalue weighted by Gasteiger charge is 2.18. The van der Waals surface area contributed by atoms with Gasteiger partial charge in [-0.05, 0) is 44.0 Å². The second-order valence-corrected chi connectivity index (χ2v) is 6.66. The van der Waals surface area contributed by atoms with Gasteiger partial charge in [0.2, 0.25) is 5.15 Å². The molecule has 4 rings (SSSR count). The van der Waals surface area contributed by atoms with Crippen molar-refractivity contribution in [1.82, 2.24) is 14.5 Å².